The van der Waals surface area contributed by atoms with Gasteiger partial charge in [-0.15, -0.1) is 0 Å². The van der Waals surface area contributed by atoms with Crippen molar-refractivity contribution >= 4 is 39.1 Å². The maximum absolute atomic E-state index is 5.16. The van der Waals surface area contributed by atoms with Gasteiger partial charge in [0.1, 0.15) is 11.6 Å². The van der Waals surface area contributed by atoms with E-state index in [9.17, 15) is 0 Å². The Morgan fingerprint density at radius 1 is 1.00 bits per heavy atom. The monoisotopic (exact) mass is 491 g/mol. The molecule has 1 aromatic carbocycles. The topological polar surface area (TPSA) is 96.7 Å². The zero-order valence-corrected chi connectivity index (χ0v) is 21.1. The number of rotatable bonds is 5. The highest BCUT2D eigenvalue weighted by molar-refractivity contribution is 5.94. The maximum Gasteiger partial charge on any atom is 0.162 e. The van der Waals surface area contributed by atoms with E-state index in [4.69, 9.17) is 9.97 Å². The maximum atomic E-state index is 5.16. The van der Waals surface area contributed by atoms with Gasteiger partial charge in [-0.1, -0.05) is 0 Å². The Labute approximate surface area is 215 Å². The van der Waals surface area contributed by atoms with Crippen molar-refractivity contribution < 1.29 is 0 Å². The number of hydrogen-bond donors (Lipinski definition) is 2. The normalized spacial score (nSPS) is 16.0. The average Bonchev–Trinajstić information content (AvgIpc) is 3.74. The zero-order valence-electron chi connectivity index (χ0n) is 21.1. The molecule has 1 saturated heterocycles. The van der Waals surface area contributed by atoms with Crippen molar-refractivity contribution in [3.63, 3.8) is 0 Å². The second-order valence-corrected chi connectivity index (χ2v) is 10.0. The summed E-state index contributed by atoms with van der Waals surface area (Å²) in [6.07, 6.45) is 8.13. The minimum Gasteiger partial charge on any atom is -0.353 e. The smallest absolute Gasteiger partial charge is 0.162 e. The molecule has 9 heteroatoms. The summed E-state index contributed by atoms with van der Waals surface area (Å²) < 4.78 is 1.91. The molecule has 9 nitrogen and oxygen atoms in total. The van der Waals surface area contributed by atoms with Crippen LogP contribution in [0.3, 0.4) is 0 Å². The highest BCUT2D eigenvalue weighted by Crippen LogP contribution is 2.44. The van der Waals surface area contributed by atoms with Crippen LogP contribution < -0.4 is 15.5 Å². The number of pyridine rings is 2. The molecule has 2 aliphatic rings. The second-order valence-electron chi connectivity index (χ2n) is 10.0. The number of aryl methyl sites for hydroxylation is 2. The lowest BCUT2D eigenvalue weighted by Gasteiger charge is -2.30. The molecule has 0 spiro atoms. The van der Waals surface area contributed by atoms with Crippen LogP contribution in [0.5, 0.6) is 0 Å². The molecule has 0 amide bonds. The van der Waals surface area contributed by atoms with Gasteiger partial charge in [-0.25, -0.2) is 15.0 Å². The number of nitrogens with zero attached hydrogens (tertiary/aromatic N) is 7. The fourth-order valence-electron chi connectivity index (χ4n) is 5.22. The molecule has 186 valence electrons. The lowest BCUT2D eigenvalue weighted by molar-refractivity contribution is 0.586. The predicted molar refractivity (Wildman–Crippen MR) is 146 cm³/mol. The molecule has 2 N–H and O–H groups in total. The standard InChI is InChI=1S/C28H29N9/c1-17-21-6-5-20(14-23(21)35-36(17)2)32-25-13-19(7-8-31-25)27-33-24-16-30-15-22(18-3-4-18)26(24)28(34-27)37-11-9-29-10-12-37/h5-8,13-16,18,29H,3-4,9-12H2,1-2H3,(H,31,32). The fourth-order valence-corrected chi connectivity index (χ4v) is 5.22. The largest absolute Gasteiger partial charge is 0.353 e. The molecule has 0 unspecified atom stereocenters. The number of aromatic nitrogens is 6. The Bertz CT molecular complexity index is 1630. The summed E-state index contributed by atoms with van der Waals surface area (Å²) in [5.74, 6) is 3.02. The van der Waals surface area contributed by atoms with Gasteiger partial charge in [-0.3, -0.25) is 9.67 Å². The number of anilines is 3. The molecule has 0 atom stereocenters. The molecular weight excluding hydrogens is 462 g/mol. The first-order chi connectivity index (χ1) is 18.1. The SMILES string of the molecule is Cc1c2ccc(Nc3cc(-c4nc(N5CCNCC5)c5c(C6CC6)cncc5n4)ccn3)cc2nn1C. The molecule has 0 radical (unpaired) electrons. The van der Waals surface area contributed by atoms with Crippen LogP contribution >= 0.6 is 0 Å². The van der Waals surface area contributed by atoms with E-state index in [1.807, 2.05) is 36.3 Å². The first-order valence-corrected chi connectivity index (χ1v) is 12.9. The van der Waals surface area contributed by atoms with Crippen LogP contribution in [0.1, 0.15) is 30.0 Å². The van der Waals surface area contributed by atoms with Crippen LogP contribution in [0.4, 0.5) is 17.3 Å². The molecule has 0 bridgehead atoms. The molecule has 1 aliphatic heterocycles. The summed E-state index contributed by atoms with van der Waals surface area (Å²) in [6, 6.07) is 10.2. The van der Waals surface area contributed by atoms with E-state index in [-0.39, 0.29) is 0 Å². The summed E-state index contributed by atoms with van der Waals surface area (Å²) >= 11 is 0. The van der Waals surface area contributed by atoms with Crippen LogP contribution in [-0.2, 0) is 7.05 Å². The molecular formula is C28H29N9. The molecule has 4 aromatic heterocycles. The van der Waals surface area contributed by atoms with Gasteiger partial charge in [0, 0.05) is 73.3 Å². The summed E-state index contributed by atoms with van der Waals surface area (Å²) in [5.41, 5.74) is 6.16. The second kappa shape index (κ2) is 8.77. The summed E-state index contributed by atoms with van der Waals surface area (Å²) in [4.78, 5) is 21.6. The van der Waals surface area contributed by atoms with Gasteiger partial charge in [0.05, 0.1) is 17.2 Å². The van der Waals surface area contributed by atoms with Crippen molar-refractivity contribution in [2.45, 2.75) is 25.7 Å². The Balaban J connectivity index is 1.28. The third-order valence-electron chi connectivity index (χ3n) is 7.47. The van der Waals surface area contributed by atoms with E-state index < -0.39 is 0 Å². The third-order valence-corrected chi connectivity index (χ3v) is 7.47. The average molecular weight is 492 g/mol. The van der Waals surface area contributed by atoms with E-state index in [2.05, 4.69) is 55.7 Å². The number of piperazine rings is 1. The van der Waals surface area contributed by atoms with E-state index in [1.165, 1.54) is 18.4 Å². The van der Waals surface area contributed by atoms with Crippen LogP contribution in [-0.4, -0.2) is 55.9 Å². The Morgan fingerprint density at radius 2 is 1.86 bits per heavy atom. The minimum absolute atomic E-state index is 0.573. The molecule has 5 aromatic rings. The van der Waals surface area contributed by atoms with Gasteiger partial charge < -0.3 is 15.5 Å². The highest BCUT2D eigenvalue weighted by Gasteiger charge is 2.29. The van der Waals surface area contributed by atoms with Crippen molar-refractivity contribution in [3.8, 4) is 11.4 Å². The van der Waals surface area contributed by atoms with Crippen molar-refractivity contribution in [2.24, 2.45) is 7.05 Å². The molecule has 2 fully saturated rings. The molecule has 1 aliphatic carbocycles. The van der Waals surface area contributed by atoms with E-state index in [0.29, 0.717) is 11.7 Å². The lowest BCUT2D eigenvalue weighted by atomic mass is 10.1. The highest BCUT2D eigenvalue weighted by atomic mass is 15.3. The first-order valence-electron chi connectivity index (χ1n) is 12.9. The van der Waals surface area contributed by atoms with Gasteiger partial charge in [0.2, 0.25) is 0 Å². The van der Waals surface area contributed by atoms with Crippen LogP contribution in [0.2, 0.25) is 0 Å². The van der Waals surface area contributed by atoms with Crippen LogP contribution in [0, 0.1) is 6.92 Å². The fraction of sp³-hybridized carbons (Fsp3) is 0.321. The number of hydrogen-bond acceptors (Lipinski definition) is 8. The molecule has 37 heavy (non-hydrogen) atoms. The number of nitrogens with one attached hydrogen (secondary N) is 2. The van der Waals surface area contributed by atoms with Gasteiger partial charge >= 0.3 is 0 Å². The van der Waals surface area contributed by atoms with Crippen molar-refractivity contribution in [3.05, 3.63) is 60.2 Å². The predicted octanol–water partition coefficient (Wildman–Crippen LogP) is 4.31. The van der Waals surface area contributed by atoms with Crippen LogP contribution in [0.15, 0.2) is 48.9 Å². The Kier molecular flexibility index (Phi) is 5.24. The molecule has 7 rings (SSSR count). The van der Waals surface area contributed by atoms with E-state index >= 15 is 0 Å². The van der Waals surface area contributed by atoms with Crippen molar-refractivity contribution in [2.75, 3.05) is 36.4 Å². The Morgan fingerprint density at radius 3 is 2.70 bits per heavy atom. The summed E-state index contributed by atoms with van der Waals surface area (Å²) in [7, 11) is 1.97. The first kappa shape index (κ1) is 22.1. The molecule has 1 saturated carbocycles. The van der Waals surface area contributed by atoms with Gasteiger partial charge in [0.25, 0.3) is 0 Å². The minimum atomic E-state index is 0.573. The van der Waals surface area contributed by atoms with Crippen LogP contribution in [0.25, 0.3) is 33.2 Å². The summed E-state index contributed by atoms with van der Waals surface area (Å²) in [6.45, 7) is 5.84. The zero-order chi connectivity index (χ0) is 24.9. The molecule has 5 heterocycles. The number of fused-ring (bicyclic) bond motifs is 2. The Hall–Kier alpha value is -4.11. The van der Waals surface area contributed by atoms with Crippen molar-refractivity contribution in [1.82, 2.24) is 35.0 Å². The number of benzene rings is 1. The van der Waals surface area contributed by atoms with Gasteiger partial charge in [0.15, 0.2) is 5.82 Å². The third kappa shape index (κ3) is 4.05. The van der Waals surface area contributed by atoms with Gasteiger partial charge in [-0.05, 0) is 61.6 Å². The summed E-state index contributed by atoms with van der Waals surface area (Å²) in [5, 5.41) is 13.8. The van der Waals surface area contributed by atoms with E-state index in [0.717, 1.165) is 76.6 Å². The lowest BCUT2D eigenvalue weighted by Crippen LogP contribution is -2.44. The van der Waals surface area contributed by atoms with Gasteiger partial charge in [-0.2, -0.15) is 5.10 Å². The van der Waals surface area contributed by atoms with E-state index in [1.54, 1.807) is 6.20 Å². The van der Waals surface area contributed by atoms with Crippen molar-refractivity contribution in [1.29, 1.82) is 0 Å². The quantitative estimate of drug-likeness (QED) is 0.375.